The first kappa shape index (κ1) is 11.8. The van der Waals surface area contributed by atoms with E-state index in [1.807, 2.05) is 19.2 Å². The Labute approximate surface area is 104 Å². The first-order valence-corrected chi connectivity index (χ1v) is 6.26. The van der Waals surface area contributed by atoms with Gasteiger partial charge >= 0.3 is 0 Å². The van der Waals surface area contributed by atoms with Crippen LogP contribution < -0.4 is 10.1 Å². The molecule has 0 fully saturated rings. The van der Waals surface area contributed by atoms with Crippen molar-refractivity contribution in [1.29, 1.82) is 0 Å². The molecule has 2 aromatic rings. The SMILES string of the molecule is CCOc1ccnc(NCc2nc(C)cs2)n1. The topological polar surface area (TPSA) is 59.9 Å². The molecule has 90 valence electrons. The minimum absolute atomic E-state index is 0.559. The molecule has 17 heavy (non-hydrogen) atoms. The maximum atomic E-state index is 5.30. The van der Waals surface area contributed by atoms with E-state index in [-0.39, 0.29) is 0 Å². The highest BCUT2D eigenvalue weighted by Gasteiger charge is 2.01. The van der Waals surface area contributed by atoms with Crippen molar-refractivity contribution in [2.24, 2.45) is 0 Å². The van der Waals surface area contributed by atoms with E-state index in [4.69, 9.17) is 4.74 Å². The normalized spacial score (nSPS) is 10.2. The van der Waals surface area contributed by atoms with Gasteiger partial charge in [0.1, 0.15) is 5.01 Å². The second-order valence-electron chi connectivity index (χ2n) is 3.39. The van der Waals surface area contributed by atoms with E-state index in [1.54, 1.807) is 23.6 Å². The van der Waals surface area contributed by atoms with Crippen LogP contribution in [0.3, 0.4) is 0 Å². The molecular formula is C11H14N4OS. The van der Waals surface area contributed by atoms with Crippen molar-refractivity contribution in [3.8, 4) is 5.88 Å². The van der Waals surface area contributed by atoms with Crippen LogP contribution in [0.1, 0.15) is 17.6 Å². The Kier molecular flexibility index (Phi) is 3.87. The van der Waals surface area contributed by atoms with Gasteiger partial charge in [-0.3, -0.25) is 0 Å². The van der Waals surface area contributed by atoms with E-state index >= 15 is 0 Å². The smallest absolute Gasteiger partial charge is 0.226 e. The Hall–Kier alpha value is -1.69. The fourth-order valence-corrected chi connectivity index (χ4v) is 2.01. The summed E-state index contributed by atoms with van der Waals surface area (Å²) in [7, 11) is 0. The summed E-state index contributed by atoms with van der Waals surface area (Å²) in [5.74, 6) is 1.14. The van der Waals surface area contributed by atoms with Gasteiger partial charge in [-0.2, -0.15) is 4.98 Å². The lowest BCUT2D eigenvalue weighted by Gasteiger charge is -2.05. The van der Waals surface area contributed by atoms with Crippen molar-refractivity contribution >= 4 is 17.3 Å². The third-order valence-corrected chi connectivity index (χ3v) is 2.95. The molecule has 0 aliphatic carbocycles. The molecule has 0 bridgehead atoms. The van der Waals surface area contributed by atoms with Crippen molar-refractivity contribution in [3.05, 3.63) is 28.3 Å². The first-order valence-electron chi connectivity index (χ1n) is 5.38. The summed E-state index contributed by atoms with van der Waals surface area (Å²) in [6.07, 6.45) is 1.67. The number of thiazole rings is 1. The van der Waals surface area contributed by atoms with Crippen molar-refractivity contribution in [1.82, 2.24) is 15.0 Å². The predicted molar refractivity (Wildman–Crippen MR) is 67.4 cm³/mol. The van der Waals surface area contributed by atoms with Crippen LogP contribution in [0.15, 0.2) is 17.6 Å². The molecule has 2 rings (SSSR count). The summed E-state index contributed by atoms with van der Waals surface area (Å²) in [6, 6.07) is 1.74. The number of rotatable bonds is 5. The van der Waals surface area contributed by atoms with Gasteiger partial charge in [0.05, 0.1) is 13.2 Å². The molecule has 2 heterocycles. The van der Waals surface area contributed by atoms with E-state index < -0.39 is 0 Å². The average molecular weight is 250 g/mol. The Morgan fingerprint density at radius 2 is 2.29 bits per heavy atom. The summed E-state index contributed by atoms with van der Waals surface area (Å²) in [5.41, 5.74) is 1.04. The van der Waals surface area contributed by atoms with Gasteiger partial charge in [0.25, 0.3) is 0 Å². The van der Waals surface area contributed by atoms with Gasteiger partial charge in [0.15, 0.2) is 0 Å². The number of aryl methyl sites for hydroxylation is 1. The highest BCUT2D eigenvalue weighted by Crippen LogP contribution is 2.12. The highest BCUT2D eigenvalue weighted by molar-refractivity contribution is 7.09. The summed E-state index contributed by atoms with van der Waals surface area (Å²) < 4.78 is 5.30. The predicted octanol–water partition coefficient (Wildman–Crippen LogP) is 2.25. The molecule has 6 heteroatoms. The lowest BCUT2D eigenvalue weighted by molar-refractivity contribution is 0.326. The fourth-order valence-electron chi connectivity index (χ4n) is 1.29. The lowest BCUT2D eigenvalue weighted by atomic mass is 10.5. The molecule has 0 unspecified atom stereocenters. The summed E-state index contributed by atoms with van der Waals surface area (Å²) >= 11 is 1.62. The van der Waals surface area contributed by atoms with E-state index in [9.17, 15) is 0 Å². The van der Waals surface area contributed by atoms with Crippen LogP contribution in [0.5, 0.6) is 5.88 Å². The van der Waals surface area contributed by atoms with Crippen LogP contribution in [-0.4, -0.2) is 21.6 Å². The van der Waals surface area contributed by atoms with Crippen molar-refractivity contribution in [2.45, 2.75) is 20.4 Å². The van der Waals surface area contributed by atoms with Gasteiger partial charge in [-0.1, -0.05) is 0 Å². The zero-order chi connectivity index (χ0) is 12.1. The average Bonchev–Trinajstić information content (AvgIpc) is 2.74. The number of nitrogens with one attached hydrogen (secondary N) is 1. The molecule has 0 radical (unpaired) electrons. The number of ether oxygens (including phenoxy) is 1. The monoisotopic (exact) mass is 250 g/mol. The molecule has 0 saturated carbocycles. The number of aromatic nitrogens is 3. The third kappa shape index (κ3) is 3.39. The van der Waals surface area contributed by atoms with Crippen LogP contribution >= 0.6 is 11.3 Å². The van der Waals surface area contributed by atoms with Crippen molar-refractivity contribution < 1.29 is 4.74 Å². The molecule has 2 aromatic heterocycles. The maximum absolute atomic E-state index is 5.30. The van der Waals surface area contributed by atoms with Gasteiger partial charge in [0, 0.05) is 23.3 Å². The quantitative estimate of drug-likeness (QED) is 0.882. The Morgan fingerprint density at radius 3 is 3.00 bits per heavy atom. The fraction of sp³-hybridized carbons (Fsp3) is 0.364. The zero-order valence-electron chi connectivity index (χ0n) is 9.80. The number of nitrogens with zero attached hydrogens (tertiary/aromatic N) is 3. The van der Waals surface area contributed by atoms with Gasteiger partial charge in [0.2, 0.25) is 11.8 Å². The molecule has 0 aliphatic rings. The molecule has 1 N–H and O–H groups in total. The maximum Gasteiger partial charge on any atom is 0.226 e. The van der Waals surface area contributed by atoms with E-state index in [2.05, 4.69) is 20.3 Å². The van der Waals surface area contributed by atoms with Crippen molar-refractivity contribution in [3.63, 3.8) is 0 Å². The molecule has 0 spiro atoms. The molecule has 0 amide bonds. The number of hydrogen-bond donors (Lipinski definition) is 1. The summed E-state index contributed by atoms with van der Waals surface area (Å²) in [5, 5.41) is 6.16. The molecule has 0 aromatic carbocycles. The third-order valence-electron chi connectivity index (χ3n) is 1.99. The van der Waals surface area contributed by atoms with Gasteiger partial charge in [-0.25, -0.2) is 9.97 Å². The largest absolute Gasteiger partial charge is 0.478 e. The van der Waals surface area contributed by atoms with Crippen molar-refractivity contribution in [2.75, 3.05) is 11.9 Å². The summed E-state index contributed by atoms with van der Waals surface area (Å²) in [4.78, 5) is 12.7. The summed E-state index contributed by atoms with van der Waals surface area (Å²) in [6.45, 7) is 5.13. The lowest BCUT2D eigenvalue weighted by Crippen LogP contribution is -2.04. The minimum Gasteiger partial charge on any atom is -0.478 e. The number of hydrogen-bond acceptors (Lipinski definition) is 6. The standard InChI is InChI=1S/C11H14N4OS/c1-3-16-9-4-5-12-11(15-9)13-6-10-14-8(2)7-17-10/h4-5,7H,3,6H2,1-2H3,(H,12,13,15). The van der Waals surface area contributed by atoms with Gasteiger partial charge in [-0.05, 0) is 13.8 Å². The van der Waals surface area contributed by atoms with Gasteiger partial charge < -0.3 is 10.1 Å². The van der Waals surface area contributed by atoms with Crippen LogP contribution in [0.25, 0.3) is 0 Å². The minimum atomic E-state index is 0.559. The van der Waals surface area contributed by atoms with Crippen LogP contribution in [-0.2, 0) is 6.54 Å². The second kappa shape index (κ2) is 5.58. The van der Waals surface area contributed by atoms with Crippen LogP contribution in [0, 0.1) is 6.92 Å². The number of anilines is 1. The van der Waals surface area contributed by atoms with E-state index in [0.717, 1.165) is 10.7 Å². The first-order chi connectivity index (χ1) is 8.28. The highest BCUT2D eigenvalue weighted by atomic mass is 32.1. The van der Waals surface area contributed by atoms with Crippen LogP contribution in [0.2, 0.25) is 0 Å². The molecule has 0 saturated heterocycles. The Morgan fingerprint density at radius 1 is 1.41 bits per heavy atom. The van der Waals surface area contributed by atoms with E-state index in [1.165, 1.54) is 0 Å². The molecule has 5 nitrogen and oxygen atoms in total. The van der Waals surface area contributed by atoms with E-state index in [0.29, 0.717) is 25.0 Å². The molecule has 0 aliphatic heterocycles. The Balaban J connectivity index is 1.96. The Bertz CT molecular complexity index is 486. The molecule has 0 atom stereocenters. The second-order valence-corrected chi connectivity index (χ2v) is 4.33. The molecular weight excluding hydrogens is 236 g/mol. The van der Waals surface area contributed by atoms with Gasteiger partial charge in [-0.15, -0.1) is 11.3 Å². The zero-order valence-corrected chi connectivity index (χ0v) is 10.6. The van der Waals surface area contributed by atoms with Crippen LogP contribution in [0.4, 0.5) is 5.95 Å².